The van der Waals surface area contributed by atoms with E-state index >= 15 is 0 Å². The van der Waals surface area contributed by atoms with Gasteiger partial charge in [0, 0.05) is 6.20 Å². The fourth-order valence-corrected chi connectivity index (χ4v) is 1.80. The van der Waals surface area contributed by atoms with Crippen LogP contribution in [0.15, 0.2) is 40.9 Å². The van der Waals surface area contributed by atoms with Gasteiger partial charge in [-0.15, -0.1) is 0 Å². The molecule has 4 heteroatoms. The highest BCUT2D eigenvalue weighted by Crippen LogP contribution is 2.27. The van der Waals surface area contributed by atoms with Crippen molar-refractivity contribution >= 4 is 16.8 Å². The largest absolute Gasteiger partial charge is 0.432 e. The minimum atomic E-state index is 0.498. The first kappa shape index (κ1) is 9.84. The molecule has 1 aromatic carbocycles. The number of aryl methyl sites for hydroxylation is 1. The number of aromatic nitrogens is 2. The summed E-state index contributed by atoms with van der Waals surface area (Å²) in [7, 11) is 0. The zero-order chi connectivity index (χ0) is 11.8. The van der Waals surface area contributed by atoms with Gasteiger partial charge in [-0.3, -0.25) is 4.98 Å². The minimum absolute atomic E-state index is 0.498. The van der Waals surface area contributed by atoms with E-state index in [0.717, 1.165) is 11.1 Å². The van der Waals surface area contributed by atoms with E-state index in [2.05, 4.69) is 9.97 Å². The van der Waals surface area contributed by atoms with Crippen molar-refractivity contribution in [3.8, 4) is 11.6 Å². The Morgan fingerprint density at radius 2 is 2.12 bits per heavy atom. The average molecular weight is 225 g/mol. The van der Waals surface area contributed by atoms with E-state index in [1.165, 1.54) is 0 Å². The second-order valence-electron chi connectivity index (χ2n) is 3.94. The molecule has 0 spiro atoms. The number of nitrogens with zero attached hydrogens (tertiary/aromatic N) is 2. The van der Waals surface area contributed by atoms with Gasteiger partial charge in [0.1, 0.15) is 11.2 Å². The fraction of sp³-hybridized carbons (Fsp3) is 0.0769. The molecule has 4 nitrogen and oxygen atoms in total. The Labute approximate surface area is 98.1 Å². The number of hydrogen-bond acceptors (Lipinski definition) is 4. The van der Waals surface area contributed by atoms with E-state index in [-0.39, 0.29) is 0 Å². The van der Waals surface area contributed by atoms with Crippen LogP contribution in [0.1, 0.15) is 5.56 Å². The van der Waals surface area contributed by atoms with Crippen molar-refractivity contribution < 1.29 is 4.42 Å². The maximum Gasteiger partial charge on any atom is 0.246 e. The van der Waals surface area contributed by atoms with Gasteiger partial charge in [-0.2, -0.15) is 0 Å². The number of rotatable bonds is 1. The topological polar surface area (TPSA) is 64.9 Å². The highest BCUT2D eigenvalue weighted by molar-refractivity contribution is 5.87. The first-order valence-corrected chi connectivity index (χ1v) is 5.32. The van der Waals surface area contributed by atoms with Crippen LogP contribution in [-0.4, -0.2) is 9.97 Å². The highest BCUT2D eigenvalue weighted by Gasteiger charge is 2.11. The Morgan fingerprint density at radius 1 is 1.24 bits per heavy atom. The zero-order valence-corrected chi connectivity index (χ0v) is 9.34. The highest BCUT2D eigenvalue weighted by atomic mass is 16.3. The summed E-state index contributed by atoms with van der Waals surface area (Å²) in [6.45, 7) is 1.98. The van der Waals surface area contributed by atoms with E-state index in [0.29, 0.717) is 22.9 Å². The van der Waals surface area contributed by atoms with Crippen molar-refractivity contribution in [1.29, 1.82) is 0 Å². The average Bonchev–Trinajstić information content (AvgIpc) is 2.74. The number of nitrogens with two attached hydrogens (primary N) is 1. The van der Waals surface area contributed by atoms with Crippen LogP contribution < -0.4 is 5.73 Å². The second kappa shape index (κ2) is 3.59. The first-order chi connectivity index (χ1) is 8.24. The summed E-state index contributed by atoms with van der Waals surface area (Å²) in [5, 5.41) is 0. The molecule has 0 fully saturated rings. The molecular weight excluding hydrogens is 214 g/mol. The van der Waals surface area contributed by atoms with Gasteiger partial charge in [0.15, 0.2) is 5.58 Å². The molecule has 0 saturated heterocycles. The quantitative estimate of drug-likeness (QED) is 0.647. The lowest BCUT2D eigenvalue weighted by Gasteiger charge is -1.95. The molecule has 3 aromatic rings. The molecule has 2 aromatic heterocycles. The molecule has 0 radical (unpaired) electrons. The van der Waals surface area contributed by atoms with Gasteiger partial charge in [-0.1, -0.05) is 6.07 Å². The van der Waals surface area contributed by atoms with Crippen LogP contribution in [0.2, 0.25) is 0 Å². The van der Waals surface area contributed by atoms with Gasteiger partial charge in [-0.25, -0.2) is 4.98 Å². The van der Waals surface area contributed by atoms with Gasteiger partial charge in [0.05, 0.1) is 5.69 Å². The van der Waals surface area contributed by atoms with Gasteiger partial charge in [-0.05, 0) is 36.8 Å². The summed E-state index contributed by atoms with van der Waals surface area (Å²) in [5.74, 6) is 0.498. The summed E-state index contributed by atoms with van der Waals surface area (Å²) in [5.41, 5.74) is 9.66. The Hall–Kier alpha value is -2.36. The monoisotopic (exact) mass is 225 g/mol. The molecule has 84 valence electrons. The summed E-state index contributed by atoms with van der Waals surface area (Å²) < 4.78 is 5.64. The molecule has 0 saturated carbocycles. The summed E-state index contributed by atoms with van der Waals surface area (Å²) >= 11 is 0. The lowest BCUT2D eigenvalue weighted by atomic mass is 10.2. The van der Waals surface area contributed by atoms with Crippen LogP contribution in [0.3, 0.4) is 0 Å². The molecule has 2 heterocycles. The van der Waals surface area contributed by atoms with E-state index < -0.39 is 0 Å². The van der Waals surface area contributed by atoms with Crippen LogP contribution in [0.5, 0.6) is 0 Å². The van der Waals surface area contributed by atoms with Crippen molar-refractivity contribution in [3.63, 3.8) is 0 Å². The van der Waals surface area contributed by atoms with Crippen molar-refractivity contribution in [2.45, 2.75) is 6.92 Å². The summed E-state index contributed by atoms with van der Waals surface area (Å²) in [4.78, 5) is 8.59. The van der Waals surface area contributed by atoms with E-state index in [9.17, 15) is 0 Å². The third-order valence-corrected chi connectivity index (χ3v) is 2.55. The van der Waals surface area contributed by atoms with Crippen molar-refractivity contribution in [1.82, 2.24) is 9.97 Å². The Balaban J connectivity index is 2.24. The molecule has 0 aliphatic carbocycles. The van der Waals surface area contributed by atoms with Crippen molar-refractivity contribution in [2.24, 2.45) is 0 Å². The molecule has 0 atom stereocenters. The number of nitrogen functional groups attached to an aromatic ring is 1. The fourth-order valence-electron chi connectivity index (χ4n) is 1.80. The first-order valence-electron chi connectivity index (χ1n) is 5.32. The third-order valence-electron chi connectivity index (χ3n) is 2.55. The standard InChI is InChI=1S/C13H11N3O/c1-8-6-9(14)12-11(7-8)16-13(17-12)10-4-2-3-5-15-10/h2-7H,14H2,1H3. The van der Waals surface area contributed by atoms with Gasteiger partial charge in [0.2, 0.25) is 5.89 Å². The normalized spacial score (nSPS) is 10.9. The Bertz CT molecular complexity index is 674. The molecule has 17 heavy (non-hydrogen) atoms. The molecule has 0 unspecified atom stereocenters. The molecule has 0 amide bonds. The number of pyridine rings is 1. The van der Waals surface area contributed by atoms with Crippen molar-refractivity contribution in [2.75, 3.05) is 5.73 Å². The predicted molar refractivity (Wildman–Crippen MR) is 66.4 cm³/mol. The third kappa shape index (κ3) is 1.63. The van der Waals surface area contributed by atoms with Crippen LogP contribution in [0, 0.1) is 6.92 Å². The molecule has 3 rings (SSSR count). The van der Waals surface area contributed by atoms with E-state index in [4.69, 9.17) is 10.2 Å². The Morgan fingerprint density at radius 3 is 2.88 bits per heavy atom. The zero-order valence-electron chi connectivity index (χ0n) is 9.34. The number of oxazole rings is 1. The summed E-state index contributed by atoms with van der Waals surface area (Å²) in [6, 6.07) is 9.42. The molecule has 0 aliphatic heterocycles. The van der Waals surface area contributed by atoms with Crippen LogP contribution >= 0.6 is 0 Å². The number of hydrogen-bond donors (Lipinski definition) is 1. The second-order valence-corrected chi connectivity index (χ2v) is 3.94. The van der Waals surface area contributed by atoms with Crippen LogP contribution in [0.25, 0.3) is 22.7 Å². The van der Waals surface area contributed by atoms with Gasteiger partial charge in [0.25, 0.3) is 0 Å². The predicted octanol–water partition coefficient (Wildman–Crippen LogP) is 2.78. The van der Waals surface area contributed by atoms with Crippen molar-refractivity contribution in [3.05, 3.63) is 42.1 Å². The number of anilines is 1. The van der Waals surface area contributed by atoms with Crippen LogP contribution in [-0.2, 0) is 0 Å². The van der Waals surface area contributed by atoms with E-state index in [1.807, 2.05) is 37.3 Å². The molecule has 0 aliphatic rings. The summed E-state index contributed by atoms with van der Waals surface area (Å²) in [6.07, 6.45) is 1.71. The van der Waals surface area contributed by atoms with E-state index in [1.54, 1.807) is 6.20 Å². The lowest BCUT2D eigenvalue weighted by molar-refractivity contribution is 0.618. The molecular formula is C13H11N3O. The maximum absolute atomic E-state index is 5.89. The smallest absolute Gasteiger partial charge is 0.246 e. The van der Waals surface area contributed by atoms with Gasteiger partial charge >= 0.3 is 0 Å². The SMILES string of the molecule is Cc1cc(N)c2oc(-c3ccccn3)nc2c1. The number of fused-ring (bicyclic) bond motifs is 1. The molecule has 0 bridgehead atoms. The Kier molecular flexibility index (Phi) is 2.08. The number of benzene rings is 1. The van der Waals surface area contributed by atoms with Crippen LogP contribution in [0.4, 0.5) is 5.69 Å². The lowest BCUT2D eigenvalue weighted by Crippen LogP contribution is -1.86. The molecule has 2 N–H and O–H groups in total. The van der Waals surface area contributed by atoms with Gasteiger partial charge < -0.3 is 10.2 Å². The minimum Gasteiger partial charge on any atom is -0.432 e. The maximum atomic E-state index is 5.89.